The molecule has 1 fully saturated rings. The van der Waals surface area contributed by atoms with Crippen molar-refractivity contribution in [3.05, 3.63) is 0 Å². The topological polar surface area (TPSA) is 24.1 Å². The molecule has 2 nitrogen and oxygen atoms in total. The average molecular weight is 108 g/mol. The van der Waals surface area contributed by atoms with Crippen LogP contribution in [0.4, 0.5) is 8.78 Å². The first-order chi connectivity index (χ1) is 3.21. The molecule has 0 radical (unpaired) electrons. The van der Waals surface area contributed by atoms with Gasteiger partial charge < -0.3 is 0 Å². The molecule has 0 amide bonds. The summed E-state index contributed by atoms with van der Waals surface area (Å²) in [7, 11) is 0. The minimum absolute atomic E-state index is 0.215. The maximum Gasteiger partial charge on any atom is 0.315 e. The number of halogens is 2. The van der Waals surface area contributed by atoms with E-state index in [-0.39, 0.29) is 13.2 Å². The molecule has 4 heteroatoms. The fourth-order valence-electron chi connectivity index (χ4n) is 0.474. The van der Waals surface area contributed by atoms with Gasteiger partial charge in [-0.2, -0.15) is 8.78 Å². The van der Waals surface area contributed by atoms with Crippen LogP contribution in [0.25, 0.3) is 0 Å². The Kier molecular flexibility index (Phi) is 0.972. The number of rotatable bonds is 0. The van der Waals surface area contributed by atoms with E-state index in [0.29, 0.717) is 0 Å². The zero-order valence-electron chi connectivity index (χ0n) is 3.67. The molecular formula is C3H6F2N2. The summed E-state index contributed by atoms with van der Waals surface area (Å²) in [4.78, 5) is 0. The van der Waals surface area contributed by atoms with Crippen LogP contribution in [0.1, 0.15) is 0 Å². The third kappa shape index (κ3) is 1.07. The highest BCUT2D eigenvalue weighted by Gasteiger charge is 2.31. The Morgan fingerprint density at radius 3 is 2.29 bits per heavy atom. The molecule has 42 valence electrons. The van der Waals surface area contributed by atoms with Gasteiger partial charge >= 0.3 is 6.05 Å². The van der Waals surface area contributed by atoms with Crippen molar-refractivity contribution < 1.29 is 8.78 Å². The van der Waals surface area contributed by atoms with Gasteiger partial charge in [0.25, 0.3) is 0 Å². The third-order valence-electron chi connectivity index (χ3n) is 0.819. The quantitative estimate of drug-likeness (QED) is 0.417. The Hall–Kier alpha value is -0.220. The molecule has 0 aromatic heterocycles. The Balaban J connectivity index is 2.40. The fraction of sp³-hybridized carbons (Fsp3) is 1.00. The van der Waals surface area contributed by atoms with Crippen molar-refractivity contribution in [3.8, 4) is 0 Å². The molecule has 1 aliphatic heterocycles. The van der Waals surface area contributed by atoms with E-state index in [1.54, 1.807) is 0 Å². The van der Waals surface area contributed by atoms with Gasteiger partial charge in [0, 0.05) is 0 Å². The van der Waals surface area contributed by atoms with Gasteiger partial charge in [-0.3, -0.25) is 5.32 Å². The van der Waals surface area contributed by atoms with Crippen molar-refractivity contribution >= 4 is 0 Å². The van der Waals surface area contributed by atoms with Gasteiger partial charge in [0.15, 0.2) is 0 Å². The van der Waals surface area contributed by atoms with Crippen LogP contribution >= 0.6 is 0 Å². The first-order valence-corrected chi connectivity index (χ1v) is 2.04. The van der Waals surface area contributed by atoms with E-state index in [1.807, 2.05) is 5.32 Å². The molecule has 0 aliphatic carbocycles. The Bertz CT molecular complexity index is 65.3. The highest BCUT2D eigenvalue weighted by molar-refractivity contribution is 4.71. The highest BCUT2D eigenvalue weighted by Crippen LogP contribution is 2.08. The van der Waals surface area contributed by atoms with Crippen LogP contribution in [0.2, 0.25) is 0 Å². The molecule has 1 rings (SSSR count). The third-order valence-corrected chi connectivity index (χ3v) is 0.819. The summed E-state index contributed by atoms with van der Waals surface area (Å²) in [5, 5.41) is 4.40. The van der Waals surface area contributed by atoms with Gasteiger partial charge in [0.1, 0.15) is 0 Å². The van der Waals surface area contributed by atoms with Crippen molar-refractivity contribution in [1.29, 1.82) is 0 Å². The Morgan fingerprint density at radius 1 is 1.43 bits per heavy atom. The molecule has 1 aliphatic rings. The highest BCUT2D eigenvalue weighted by atomic mass is 19.3. The monoisotopic (exact) mass is 108 g/mol. The van der Waals surface area contributed by atoms with Crippen LogP contribution in [-0.2, 0) is 0 Å². The maximum absolute atomic E-state index is 11.8. The predicted molar refractivity (Wildman–Crippen MR) is 21.0 cm³/mol. The van der Waals surface area contributed by atoms with Crippen molar-refractivity contribution in [2.45, 2.75) is 6.05 Å². The van der Waals surface area contributed by atoms with E-state index in [4.69, 9.17) is 0 Å². The van der Waals surface area contributed by atoms with Gasteiger partial charge in [-0.25, -0.2) is 5.32 Å². The molecule has 2 N–H and O–H groups in total. The second-order valence-corrected chi connectivity index (χ2v) is 1.48. The summed E-state index contributed by atoms with van der Waals surface area (Å²) in [5.41, 5.74) is 0. The number of hydrogen-bond donors (Lipinski definition) is 2. The lowest BCUT2D eigenvalue weighted by Gasteiger charge is -2.03. The molecule has 0 spiro atoms. The van der Waals surface area contributed by atoms with Gasteiger partial charge in [0.2, 0.25) is 0 Å². The normalized spacial score (nSPS) is 28.3. The molecule has 0 unspecified atom stereocenters. The molecule has 0 aromatic rings. The summed E-state index contributed by atoms with van der Waals surface area (Å²) in [6, 6.07) is -2.67. The SMILES string of the molecule is FC1(F)CNCN1. The summed E-state index contributed by atoms with van der Waals surface area (Å²) < 4.78 is 23.5. The zero-order valence-corrected chi connectivity index (χ0v) is 3.67. The predicted octanol–water partition coefficient (Wildman–Crippen LogP) is -0.271. The number of nitrogens with one attached hydrogen (secondary N) is 2. The number of alkyl halides is 2. The van der Waals surface area contributed by atoms with E-state index >= 15 is 0 Å². The minimum atomic E-state index is -2.67. The second kappa shape index (κ2) is 1.38. The molecule has 0 aromatic carbocycles. The molecule has 7 heavy (non-hydrogen) atoms. The lowest BCUT2D eigenvalue weighted by atomic mass is 10.6. The summed E-state index contributed by atoms with van der Waals surface area (Å²) in [5.74, 6) is 0. The Morgan fingerprint density at radius 2 is 2.14 bits per heavy atom. The largest absolute Gasteiger partial charge is 0.315 e. The van der Waals surface area contributed by atoms with Gasteiger partial charge in [0.05, 0.1) is 13.2 Å². The standard InChI is InChI=1S/C3H6F2N2/c4-3(5)1-6-2-7-3/h6-7H,1-2H2. The molecule has 1 heterocycles. The van der Waals surface area contributed by atoms with Crippen molar-refractivity contribution in [1.82, 2.24) is 10.6 Å². The van der Waals surface area contributed by atoms with E-state index in [9.17, 15) is 8.78 Å². The van der Waals surface area contributed by atoms with Crippen molar-refractivity contribution in [2.75, 3.05) is 13.2 Å². The summed E-state index contributed by atoms with van der Waals surface area (Å²) >= 11 is 0. The lowest BCUT2D eigenvalue weighted by Crippen LogP contribution is -2.31. The Labute approximate surface area is 39.9 Å². The smallest absolute Gasteiger partial charge is 0.297 e. The number of hydrogen-bond acceptors (Lipinski definition) is 2. The van der Waals surface area contributed by atoms with Gasteiger partial charge in [-0.05, 0) is 0 Å². The molecule has 1 saturated heterocycles. The van der Waals surface area contributed by atoms with Crippen LogP contribution in [0, 0.1) is 0 Å². The maximum atomic E-state index is 11.8. The zero-order chi connectivity index (χ0) is 5.33. The lowest BCUT2D eigenvalue weighted by molar-refractivity contribution is -0.00140. The van der Waals surface area contributed by atoms with E-state index in [2.05, 4.69) is 5.32 Å². The van der Waals surface area contributed by atoms with Crippen molar-refractivity contribution in [3.63, 3.8) is 0 Å². The van der Waals surface area contributed by atoms with Gasteiger partial charge in [-0.1, -0.05) is 0 Å². The first-order valence-electron chi connectivity index (χ1n) is 2.04. The molecular weight excluding hydrogens is 102 g/mol. The molecule has 0 bridgehead atoms. The molecule has 0 atom stereocenters. The van der Waals surface area contributed by atoms with E-state index < -0.39 is 6.05 Å². The van der Waals surface area contributed by atoms with E-state index in [1.165, 1.54) is 0 Å². The van der Waals surface area contributed by atoms with Crippen LogP contribution in [0.15, 0.2) is 0 Å². The van der Waals surface area contributed by atoms with Crippen LogP contribution in [-0.4, -0.2) is 19.3 Å². The van der Waals surface area contributed by atoms with Crippen LogP contribution < -0.4 is 10.6 Å². The first kappa shape index (κ1) is 4.93. The van der Waals surface area contributed by atoms with Crippen LogP contribution in [0.5, 0.6) is 0 Å². The summed E-state index contributed by atoms with van der Waals surface area (Å²) in [6.07, 6.45) is 0. The van der Waals surface area contributed by atoms with E-state index in [0.717, 1.165) is 0 Å². The minimum Gasteiger partial charge on any atom is -0.297 e. The van der Waals surface area contributed by atoms with Crippen molar-refractivity contribution in [2.24, 2.45) is 0 Å². The summed E-state index contributed by atoms with van der Waals surface area (Å²) in [6.45, 7) is -0.0278. The van der Waals surface area contributed by atoms with Gasteiger partial charge in [-0.15, -0.1) is 0 Å². The van der Waals surface area contributed by atoms with Crippen LogP contribution in [0.3, 0.4) is 0 Å². The second-order valence-electron chi connectivity index (χ2n) is 1.48. The average Bonchev–Trinajstić information content (AvgIpc) is 1.84. The fourth-order valence-corrected chi connectivity index (χ4v) is 0.474. The molecule has 0 saturated carbocycles.